The first kappa shape index (κ1) is 21.0. The minimum Gasteiger partial charge on any atom is -0.493 e. The van der Waals surface area contributed by atoms with Crippen molar-refractivity contribution < 1.29 is 18.7 Å². The summed E-state index contributed by atoms with van der Waals surface area (Å²) in [6, 6.07) is 17.2. The summed E-state index contributed by atoms with van der Waals surface area (Å²) >= 11 is 3.43. The highest BCUT2D eigenvalue weighted by Gasteiger charge is 2.08. The van der Waals surface area contributed by atoms with Gasteiger partial charge in [-0.25, -0.2) is 0 Å². The molecule has 0 atom stereocenters. The van der Waals surface area contributed by atoms with E-state index in [-0.39, 0.29) is 5.91 Å². The topological polar surface area (TPSA) is 72.7 Å². The first-order valence-corrected chi connectivity index (χ1v) is 10.0. The molecule has 0 saturated heterocycles. The monoisotopic (exact) mass is 458 g/mol. The van der Waals surface area contributed by atoms with E-state index in [2.05, 4.69) is 26.6 Å². The Labute approximate surface area is 178 Å². The Bertz CT molecular complexity index is 911. The summed E-state index contributed by atoms with van der Waals surface area (Å²) < 4.78 is 17.5. The zero-order valence-corrected chi connectivity index (χ0v) is 17.7. The Kier molecular flexibility index (Phi) is 7.72. The van der Waals surface area contributed by atoms with Crippen LogP contribution in [0.4, 0.5) is 0 Å². The molecule has 2 N–H and O–H groups in total. The molecule has 0 aliphatic rings. The molecule has 7 heteroatoms. The molecule has 0 aliphatic carbocycles. The molecule has 152 valence electrons. The largest absolute Gasteiger partial charge is 0.493 e. The number of carbonyl (C=O) groups is 1. The molecule has 0 aliphatic heterocycles. The molecular weight excluding hydrogens is 436 g/mol. The van der Waals surface area contributed by atoms with Crippen molar-refractivity contribution in [1.29, 1.82) is 0 Å². The number of halogens is 1. The average molecular weight is 459 g/mol. The van der Waals surface area contributed by atoms with Crippen LogP contribution in [-0.4, -0.2) is 26.1 Å². The number of hydrogen-bond acceptors (Lipinski definition) is 5. The molecule has 1 aromatic heterocycles. The number of nitrogens with one attached hydrogen (secondary N) is 2. The third kappa shape index (κ3) is 6.37. The number of rotatable bonds is 10. The fourth-order valence-corrected chi connectivity index (χ4v) is 2.94. The minimum atomic E-state index is -0.217. The molecule has 6 nitrogen and oxygen atoms in total. The van der Waals surface area contributed by atoms with Crippen LogP contribution in [0, 0.1) is 0 Å². The van der Waals surface area contributed by atoms with Gasteiger partial charge in [0, 0.05) is 24.1 Å². The van der Waals surface area contributed by atoms with Crippen molar-refractivity contribution in [3.05, 3.63) is 82.2 Å². The molecule has 29 heavy (non-hydrogen) atoms. The van der Waals surface area contributed by atoms with Crippen molar-refractivity contribution in [3.63, 3.8) is 0 Å². The fourth-order valence-electron chi connectivity index (χ4n) is 2.67. The van der Waals surface area contributed by atoms with Crippen LogP contribution in [-0.2, 0) is 13.2 Å². The van der Waals surface area contributed by atoms with Crippen molar-refractivity contribution in [2.45, 2.75) is 13.2 Å². The molecule has 3 aromatic rings. The molecule has 0 radical (unpaired) electrons. The Morgan fingerprint density at radius 3 is 2.55 bits per heavy atom. The van der Waals surface area contributed by atoms with Gasteiger partial charge >= 0.3 is 0 Å². The predicted octanol–water partition coefficient (Wildman–Crippen LogP) is 4.15. The average Bonchev–Trinajstić information content (AvgIpc) is 3.28. The highest BCUT2D eigenvalue weighted by Crippen LogP contribution is 2.29. The van der Waals surface area contributed by atoms with Crippen molar-refractivity contribution >= 4 is 21.8 Å². The van der Waals surface area contributed by atoms with Gasteiger partial charge in [0.2, 0.25) is 0 Å². The number of benzene rings is 2. The molecule has 1 amide bonds. The van der Waals surface area contributed by atoms with Gasteiger partial charge in [0.1, 0.15) is 6.61 Å². The molecule has 1 heterocycles. The van der Waals surface area contributed by atoms with E-state index < -0.39 is 0 Å². The molecule has 0 spiro atoms. The van der Waals surface area contributed by atoms with Crippen LogP contribution in [0.15, 0.2) is 69.8 Å². The lowest BCUT2D eigenvalue weighted by Crippen LogP contribution is -2.31. The summed E-state index contributed by atoms with van der Waals surface area (Å²) in [5.41, 5.74) is 2.15. The van der Waals surface area contributed by atoms with Crippen molar-refractivity contribution in [1.82, 2.24) is 10.6 Å². The van der Waals surface area contributed by atoms with E-state index in [1.807, 2.05) is 42.5 Å². The quantitative estimate of drug-likeness (QED) is 0.446. The summed E-state index contributed by atoms with van der Waals surface area (Å²) in [4.78, 5) is 11.8. The minimum absolute atomic E-state index is 0.217. The van der Waals surface area contributed by atoms with E-state index in [1.54, 1.807) is 19.2 Å². The van der Waals surface area contributed by atoms with Gasteiger partial charge in [-0.15, -0.1) is 0 Å². The van der Waals surface area contributed by atoms with Gasteiger partial charge in [-0.2, -0.15) is 0 Å². The summed E-state index contributed by atoms with van der Waals surface area (Å²) in [5, 5.41) is 6.09. The summed E-state index contributed by atoms with van der Waals surface area (Å²) in [7, 11) is 1.63. The highest BCUT2D eigenvalue weighted by molar-refractivity contribution is 9.10. The van der Waals surface area contributed by atoms with Crippen molar-refractivity contribution in [2.24, 2.45) is 0 Å². The molecule has 3 rings (SSSR count). The Morgan fingerprint density at radius 2 is 1.83 bits per heavy atom. The number of furan rings is 1. The first-order chi connectivity index (χ1) is 14.2. The lowest BCUT2D eigenvalue weighted by molar-refractivity contribution is 0.0926. The highest BCUT2D eigenvalue weighted by atomic mass is 79.9. The molecule has 0 fully saturated rings. The van der Waals surface area contributed by atoms with Crippen LogP contribution in [0.1, 0.15) is 21.7 Å². The standard InChI is InChI=1S/C22H23BrN2O4/c1-27-21-13-17(14-24-10-11-25-22(26)20-3-2-12-28-20)6-9-19(21)29-15-16-4-7-18(23)8-5-16/h2-9,12-13,24H,10-11,14-15H2,1H3,(H,25,26). The second-order valence-corrected chi connectivity index (χ2v) is 7.23. The van der Waals surface area contributed by atoms with Gasteiger partial charge in [-0.3, -0.25) is 4.79 Å². The van der Waals surface area contributed by atoms with Gasteiger partial charge < -0.3 is 24.5 Å². The lowest BCUT2D eigenvalue weighted by Gasteiger charge is -2.13. The van der Waals surface area contributed by atoms with E-state index in [9.17, 15) is 4.79 Å². The molecule has 2 aromatic carbocycles. The van der Waals surface area contributed by atoms with E-state index in [0.717, 1.165) is 15.6 Å². The van der Waals surface area contributed by atoms with Crippen LogP contribution in [0.5, 0.6) is 11.5 Å². The number of carbonyl (C=O) groups excluding carboxylic acids is 1. The summed E-state index contributed by atoms with van der Waals surface area (Å²) in [6.07, 6.45) is 1.48. The van der Waals surface area contributed by atoms with Gasteiger partial charge in [0.25, 0.3) is 5.91 Å². The van der Waals surface area contributed by atoms with Crippen molar-refractivity contribution in [2.75, 3.05) is 20.2 Å². The van der Waals surface area contributed by atoms with Crippen LogP contribution in [0.3, 0.4) is 0 Å². The molecule has 0 unspecified atom stereocenters. The number of ether oxygens (including phenoxy) is 2. The van der Waals surface area contributed by atoms with E-state index >= 15 is 0 Å². The maximum atomic E-state index is 11.8. The van der Waals surface area contributed by atoms with E-state index in [4.69, 9.17) is 13.9 Å². The number of hydrogen-bond donors (Lipinski definition) is 2. The summed E-state index contributed by atoms with van der Waals surface area (Å²) in [6.45, 7) is 2.26. The third-order valence-electron chi connectivity index (χ3n) is 4.20. The van der Waals surface area contributed by atoms with Crippen LogP contribution in [0.2, 0.25) is 0 Å². The SMILES string of the molecule is COc1cc(CNCCNC(=O)c2ccco2)ccc1OCc1ccc(Br)cc1. The maximum Gasteiger partial charge on any atom is 0.287 e. The Morgan fingerprint density at radius 1 is 1.03 bits per heavy atom. The zero-order valence-electron chi connectivity index (χ0n) is 16.1. The van der Waals surface area contributed by atoms with E-state index in [1.165, 1.54) is 6.26 Å². The number of methoxy groups -OCH3 is 1. The van der Waals surface area contributed by atoms with Gasteiger partial charge in [0.15, 0.2) is 17.3 Å². The second-order valence-electron chi connectivity index (χ2n) is 6.31. The summed E-state index contributed by atoms with van der Waals surface area (Å²) in [5.74, 6) is 1.48. The zero-order chi connectivity index (χ0) is 20.5. The van der Waals surface area contributed by atoms with E-state index in [0.29, 0.717) is 43.5 Å². The van der Waals surface area contributed by atoms with Crippen LogP contribution >= 0.6 is 15.9 Å². The Balaban J connectivity index is 1.44. The smallest absolute Gasteiger partial charge is 0.287 e. The Hall–Kier alpha value is -2.77. The predicted molar refractivity (Wildman–Crippen MR) is 114 cm³/mol. The second kappa shape index (κ2) is 10.7. The maximum absolute atomic E-state index is 11.8. The molecular formula is C22H23BrN2O4. The van der Waals surface area contributed by atoms with Crippen molar-refractivity contribution in [3.8, 4) is 11.5 Å². The molecule has 0 bridgehead atoms. The fraction of sp³-hybridized carbons (Fsp3) is 0.227. The van der Waals surface area contributed by atoms with Gasteiger partial charge in [-0.1, -0.05) is 34.1 Å². The normalized spacial score (nSPS) is 10.6. The van der Waals surface area contributed by atoms with Crippen LogP contribution < -0.4 is 20.1 Å². The lowest BCUT2D eigenvalue weighted by atomic mass is 10.2. The number of amides is 1. The third-order valence-corrected chi connectivity index (χ3v) is 4.73. The molecule has 0 saturated carbocycles. The first-order valence-electron chi connectivity index (χ1n) is 9.22. The van der Waals surface area contributed by atoms with Gasteiger partial charge in [-0.05, 0) is 47.5 Å². The van der Waals surface area contributed by atoms with Crippen LogP contribution in [0.25, 0.3) is 0 Å². The van der Waals surface area contributed by atoms with Gasteiger partial charge in [0.05, 0.1) is 13.4 Å².